The van der Waals surface area contributed by atoms with Crippen molar-refractivity contribution >= 4 is 35.5 Å². The van der Waals surface area contributed by atoms with E-state index in [4.69, 9.17) is 21.7 Å². The van der Waals surface area contributed by atoms with E-state index in [1.807, 2.05) is 0 Å². The smallest absolute Gasteiger partial charge is 0.416 e. The first-order chi connectivity index (χ1) is 11.5. The number of aromatic nitrogens is 1. The summed E-state index contributed by atoms with van der Waals surface area (Å²) in [6.45, 7) is 6.60. The Kier molecular flexibility index (Phi) is 7.23. The van der Waals surface area contributed by atoms with Crippen molar-refractivity contribution in [3.63, 3.8) is 0 Å². The van der Waals surface area contributed by atoms with E-state index in [2.05, 4.69) is 4.98 Å². The quantitative estimate of drug-likeness (QED) is 0.356. The molecule has 0 saturated heterocycles. The lowest BCUT2D eigenvalue weighted by atomic mass is 10.2. The highest BCUT2D eigenvalue weighted by molar-refractivity contribution is 6.21. The van der Waals surface area contributed by atoms with Crippen LogP contribution in [0.25, 0.3) is 0 Å². The van der Waals surface area contributed by atoms with Gasteiger partial charge < -0.3 is 10.1 Å². The van der Waals surface area contributed by atoms with Crippen LogP contribution in [0.5, 0.6) is 0 Å². The number of carbonyl (C=O) groups is 2. The second-order valence-corrected chi connectivity index (χ2v) is 6.98. The Morgan fingerprint density at radius 3 is 2.60 bits per heavy atom. The average Bonchev–Trinajstić information content (AvgIpc) is 2.48. The van der Waals surface area contributed by atoms with Gasteiger partial charge in [0.2, 0.25) is 5.95 Å². The number of hydrogen-bond acceptors (Lipinski definition) is 5. The van der Waals surface area contributed by atoms with Crippen molar-refractivity contribution in [2.24, 2.45) is 0 Å². The Labute approximate surface area is 151 Å². The van der Waals surface area contributed by atoms with Crippen molar-refractivity contribution in [3.8, 4) is 0 Å². The van der Waals surface area contributed by atoms with Gasteiger partial charge in [0.25, 0.3) is 0 Å². The third-order valence-corrected chi connectivity index (χ3v) is 2.92. The van der Waals surface area contributed by atoms with E-state index < -0.39 is 17.6 Å². The van der Waals surface area contributed by atoms with Crippen LogP contribution in [0.15, 0.2) is 24.3 Å². The number of carbonyl (C=O) groups excluding carboxylic acids is 2. The number of alkyl halides is 1. The topological polar surface area (TPSA) is 83.4 Å². The fourth-order valence-corrected chi connectivity index (χ4v) is 1.77. The van der Waals surface area contributed by atoms with Crippen LogP contribution in [0.1, 0.15) is 38.1 Å². The van der Waals surface area contributed by atoms with Gasteiger partial charge in [0.15, 0.2) is 6.29 Å². The normalized spacial score (nSPS) is 12.7. The highest BCUT2D eigenvalue weighted by Crippen LogP contribution is 2.18. The Bertz CT molecular complexity index is 684. The molecule has 8 heteroatoms. The van der Waals surface area contributed by atoms with Gasteiger partial charge in [0.05, 0.1) is 17.8 Å². The molecule has 1 aromatic heterocycles. The molecule has 0 aliphatic carbocycles. The lowest BCUT2D eigenvalue weighted by Gasteiger charge is -2.26. The molecule has 0 bridgehead atoms. The lowest BCUT2D eigenvalue weighted by molar-refractivity contribution is 0.0584. The number of rotatable bonds is 6. The predicted octanol–water partition coefficient (Wildman–Crippen LogP) is 3.98. The van der Waals surface area contributed by atoms with Crippen LogP contribution in [0.3, 0.4) is 0 Å². The van der Waals surface area contributed by atoms with E-state index >= 15 is 0 Å². The highest BCUT2D eigenvalue weighted by atomic mass is 35.5. The number of anilines is 1. The van der Waals surface area contributed by atoms with Gasteiger partial charge in [0, 0.05) is 5.38 Å². The van der Waals surface area contributed by atoms with Crippen molar-refractivity contribution in [1.29, 1.82) is 5.41 Å². The fraction of sp³-hybridized carbons (Fsp3) is 0.412. The van der Waals surface area contributed by atoms with E-state index in [0.29, 0.717) is 6.29 Å². The van der Waals surface area contributed by atoms with E-state index in [1.165, 1.54) is 18.2 Å². The summed E-state index contributed by atoms with van der Waals surface area (Å²) in [5.41, 5.74) is -0.946. The number of nitrogens with one attached hydrogen (secondary N) is 1. The molecule has 25 heavy (non-hydrogen) atoms. The average molecular weight is 370 g/mol. The fourth-order valence-electron chi connectivity index (χ4n) is 1.70. The molecule has 0 fully saturated rings. The minimum absolute atomic E-state index is 0.0556. The zero-order chi connectivity index (χ0) is 19.2. The summed E-state index contributed by atoms with van der Waals surface area (Å²) >= 11 is 5.80. The molecule has 0 aliphatic rings. The van der Waals surface area contributed by atoms with Gasteiger partial charge in [0.1, 0.15) is 11.4 Å². The number of aldehydes is 1. The lowest BCUT2D eigenvalue weighted by Crippen LogP contribution is -2.40. The molecule has 0 saturated carbocycles. The van der Waals surface area contributed by atoms with E-state index in [-0.39, 0.29) is 29.0 Å². The van der Waals surface area contributed by atoms with Crippen LogP contribution in [-0.4, -0.2) is 40.6 Å². The summed E-state index contributed by atoms with van der Waals surface area (Å²) in [6.07, 6.45) is 2.58. The molecule has 1 rings (SSSR count). The maximum atomic E-state index is 13.8. The largest absolute Gasteiger partial charge is 0.443 e. The van der Waals surface area contributed by atoms with Crippen LogP contribution >= 0.6 is 11.6 Å². The van der Waals surface area contributed by atoms with Crippen LogP contribution in [0.4, 0.5) is 15.0 Å². The molecule has 0 spiro atoms. The third-order valence-electron chi connectivity index (χ3n) is 2.77. The molecule has 1 aromatic rings. The zero-order valence-electron chi connectivity index (χ0n) is 14.5. The van der Waals surface area contributed by atoms with Crippen LogP contribution in [0.2, 0.25) is 0 Å². The van der Waals surface area contributed by atoms with Gasteiger partial charge in [-0.15, -0.1) is 11.6 Å². The van der Waals surface area contributed by atoms with Crippen molar-refractivity contribution in [3.05, 3.63) is 35.8 Å². The first kappa shape index (κ1) is 20.8. The molecule has 1 atom stereocenters. The highest BCUT2D eigenvalue weighted by Gasteiger charge is 2.25. The maximum Gasteiger partial charge on any atom is 0.416 e. The number of amides is 1. The number of halogens is 2. The molecule has 0 aromatic carbocycles. The SMILES string of the molecule is CC(Cl)/C=C\C(=N)CN(C(=O)OC(C)(C)C)c1ccc(C=O)c(F)n1. The van der Waals surface area contributed by atoms with Gasteiger partial charge in [-0.05, 0) is 45.9 Å². The summed E-state index contributed by atoms with van der Waals surface area (Å²) in [7, 11) is 0. The standard InChI is InChI=1S/C17H21ClFN3O3/c1-11(18)5-7-13(20)9-22(16(24)25-17(2,3)4)14-8-6-12(10-23)15(19)21-14/h5-8,10-11,20H,9H2,1-4H3/b7-5-,20-13?. The number of nitrogens with zero attached hydrogens (tertiary/aromatic N) is 2. The second-order valence-electron chi connectivity index (χ2n) is 6.30. The van der Waals surface area contributed by atoms with Gasteiger partial charge in [-0.1, -0.05) is 6.08 Å². The minimum Gasteiger partial charge on any atom is -0.443 e. The number of pyridine rings is 1. The van der Waals surface area contributed by atoms with Crippen LogP contribution < -0.4 is 4.90 Å². The Morgan fingerprint density at radius 1 is 1.48 bits per heavy atom. The van der Waals surface area contributed by atoms with E-state index in [9.17, 15) is 14.0 Å². The van der Waals surface area contributed by atoms with Gasteiger partial charge in [-0.25, -0.2) is 9.78 Å². The summed E-state index contributed by atoms with van der Waals surface area (Å²) in [6, 6.07) is 2.53. The van der Waals surface area contributed by atoms with Crippen LogP contribution in [-0.2, 0) is 4.74 Å². The Balaban J connectivity index is 3.14. The first-order valence-electron chi connectivity index (χ1n) is 7.55. The molecule has 1 unspecified atom stereocenters. The van der Waals surface area contributed by atoms with Gasteiger partial charge in [-0.3, -0.25) is 9.69 Å². The zero-order valence-corrected chi connectivity index (χ0v) is 15.3. The monoisotopic (exact) mass is 369 g/mol. The molecular formula is C17H21ClFN3O3. The van der Waals surface area contributed by atoms with Gasteiger partial charge in [-0.2, -0.15) is 4.39 Å². The number of hydrogen-bond donors (Lipinski definition) is 1. The summed E-state index contributed by atoms with van der Waals surface area (Å²) in [5.74, 6) is -1.06. The predicted molar refractivity (Wildman–Crippen MR) is 95.3 cm³/mol. The molecule has 1 N–H and O–H groups in total. The Hall–Kier alpha value is -2.28. The van der Waals surface area contributed by atoms with E-state index in [0.717, 1.165) is 4.90 Å². The molecule has 0 aliphatic heterocycles. The molecule has 0 radical (unpaired) electrons. The summed E-state index contributed by atoms with van der Waals surface area (Å²) in [5, 5.41) is 7.67. The molecule has 136 valence electrons. The third kappa shape index (κ3) is 7.01. The number of ether oxygens (including phenoxy) is 1. The summed E-state index contributed by atoms with van der Waals surface area (Å²) in [4.78, 5) is 27.8. The first-order valence-corrected chi connectivity index (χ1v) is 7.99. The molecular weight excluding hydrogens is 349 g/mol. The maximum absolute atomic E-state index is 13.8. The van der Waals surface area contributed by atoms with Crippen LogP contribution in [0, 0.1) is 11.4 Å². The van der Waals surface area contributed by atoms with E-state index in [1.54, 1.807) is 33.8 Å². The van der Waals surface area contributed by atoms with Crippen molar-refractivity contribution in [2.75, 3.05) is 11.4 Å². The summed E-state index contributed by atoms with van der Waals surface area (Å²) < 4.78 is 19.1. The van der Waals surface area contributed by atoms with Crippen molar-refractivity contribution < 1.29 is 18.7 Å². The molecule has 1 amide bonds. The Morgan fingerprint density at radius 2 is 2.12 bits per heavy atom. The van der Waals surface area contributed by atoms with Gasteiger partial charge >= 0.3 is 6.09 Å². The van der Waals surface area contributed by atoms with Crippen molar-refractivity contribution in [2.45, 2.75) is 38.7 Å². The van der Waals surface area contributed by atoms with Crippen molar-refractivity contribution in [1.82, 2.24) is 4.98 Å². The molecule has 1 heterocycles. The number of allylic oxidation sites excluding steroid dienone is 1. The minimum atomic E-state index is -1.00. The molecule has 6 nitrogen and oxygen atoms in total. The second kappa shape index (κ2) is 8.71.